The van der Waals surface area contributed by atoms with Crippen LogP contribution in [0.1, 0.15) is 47.8 Å². The van der Waals surface area contributed by atoms with Gasteiger partial charge in [0.05, 0.1) is 24.8 Å². The molecule has 2 aromatic rings. The lowest BCUT2D eigenvalue weighted by molar-refractivity contribution is -0.00728. The molecule has 2 aromatic carbocycles. The summed E-state index contributed by atoms with van der Waals surface area (Å²) in [6, 6.07) is 20.5. The molecule has 0 spiro atoms. The van der Waals surface area contributed by atoms with Gasteiger partial charge < -0.3 is 4.74 Å². The lowest BCUT2D eigenvalue weighted by atomic mass is 9.75. The molecule has 6 heteroatoms. The largest absolute Gasteiger partial charge is 0.379 e. The Balaban J connectivity index is 1.77. The summed E-state index contributed by atoms with van der Waals surface area (Å²) in [5.41, 5.74) is 1.32. The van der Waals surface area contributed by atoms with Crippen LogP contribution in [0.25, 0.3) is 0 Å². The number of carbonyl (C=O) groups excluding carboxylic acids is 1. The van der Waals surface area contributed by atoms with Gasteiger partial charge in [-0.05, 0) is 33.3 Å². The molecular formula is C31H34N4O2. The van der Waals surface area contributed by atoms with Crippen LogP contribution >= 0.6 is 0 Å². The molecule has 0 radical (unpaired) electrons. The van der Waals surface area contributed by atoms with E-state index in [1.807, 2.05) is 52.0 Å². The SMILES string of the molecule is Cc1ccc(C(=O)C2=C[C@]3(c4ccc(C)cc4)[C@H](C)[C@H](N4CCOCC4)C(C#N)(C#N)N3C2(C)C)cc1. The number of carbonyl (C=O) groups is 1. The molecule has 37 heavy (non-hydrogen) atoms. The molecule has 5 rings (SSSR count). The summed E-state index contributed by atoms with van der Waals surface area (Å²) in [4.78, 5) is 18.3. The van der Waals surface area contributed by atoms with Gasteiger partial charge >= 0.3 is 0 Å². The predicted molar refractivity (Wildman–Crippen MR) is 142 cm³/mol. The third-order valence-corrected chi connectivity index (χ3v) is 8.75. The molecule has 0 aromatic heterocycles. The van der Waals surface area contributed by atoms with E-state index in [4.69, 9.17) is 4.74 Å². The Labute approximate surface area is 219 Å². The summed E-state index contributed by atoms with van der Waals surface area (Å²) in [5, 5.41) is 21.6. The number of benzene rings is 2. The Morgan fingerprint density at radius 3 is 2.03 bits per heavy atom. The van der Waals surface area contributed by atoms with E-state index in [1.54, 1.807) is 0 Å². The summed E-state index contributed by atoms with van der Waals surface area (Å²) >= 11 is 0. The van der Waals surface area contributed by atoms with E-state index in [0.717, 1.165) is 16.7 Å². The van der Waals surface area contributed by atoms with Crippen molar-refractivity contribution in [2.24, 2.45) is 5.92 Å². The molecule has 0 unspecified atom stereocenters. The quantitative estimate of drug-likeness (QED) is 0.581. The fourth-order valence-electron chi connectivity index (χ4n) is 7.04. The van der Waals surface area contributed by atoms with Gasteiger partial charge in [-0.15, -0.1) is 0 Å². The first kappa shape index (κ1) is 25.4. The number of hydrogen-bond acceptors (Lipinski definition) is 6. The number of Topliss-reactive ketones (excluding diaryl/α,β-unsaturated/α-hetero) is 1. The zero-order valence-corrected chi connectivity index (χ0v) is 22.3. The van der Waals surface area contributed by atoms with Gasteiger partial charge in [0, 0.05) is 35.7 Å². The predicted octanol–water partition coefficient (Wildman–Crippen LogP) is 4.54. The molecule has 3 aliphatic rings. The number of aryl methyl sites for hydroxylation is 2. The van der Waals surface area contributed by atoms with Crippen LogP contribution in [0.5, 0.6) is 0 Å². The smallest absolute Gasteiger partial charge is 0.213 e. The van der Waals surface area contributed by atoms with Gasteiger partial charge in [0.1, 0.15) is 12.1 Å². The normalized spacial score (nSPS) is 28.7. The number of ether oxygens (including phenoxy) is 1. The maximum atomic E-state index is 14.0. The van der Waals surface area contributed by atoms with Gasteiger partial charge in [-0.2, -0.15) is 10.5 Å². The number of morpholine rings is 1. The second-order valence-corrected chi connectivity index (χ2v) is 11.2. The average Bonchev–Trinajstić information content (AvgIpc) is 3.30. The lowest BCUT2D eigenvalue weighted by Gasteiger charge is -2.46. The molecule has 0 amide bonds. The highest BCUT2D eigenvalue weighted by molar-refractivity contribution is 6.10. The second kappa shape index (κ2) is 8.92. The molecular weight excluding hydrogens is 460 g/mol. The molecule has 0 N–H and O–H groups in total. The minimum absolute atomic E-state index is 0.0641. The van der Waals surface area contributed by atoms with E-state index >= 15 is 0 Å². The van der Waals surface area contributed by atoms with Crippen molar-refractivity contribution in [1.29, 1.82) is 10.5 Å². The first-order chi connectivity index (χ1) is 17.6. The van der Waals surface area contributed by atoms with E-state index in [9.17, 15) is 15.3 Å². The third kappa shape index (κ3) is 3.51. The van der Waals surface area contributed by atoms with E-state index < -0.39 is 16.6 Å². The van der Waals surface area contributed by atoms with Crippen LogP contribution in [0.3, 0.4) is 0 Å². The van der Waals surface area contributed by atoms with Crippen molar-refractivity contribution in [3.8, 4) is 12.1 Å². The van der Waals surface area contributed by atoms with E-state index in [1.165, 1.54) is 0 Å². The Morgan fingerprint density at radius 2 is 1.49 bits per heavy atom. The number of rotatable bonds is 4. The van der Waals surface area contributed by atoms with Crippen molar-refractivity contribution in [3.05, 3.63) is 82.4 Å². The van der Waals surface area contributed by atoms with Crippen molar-refractivity contribution in [3.63, 3.8) is 0 Å². The van der Waals surface area contributed by atoms with Crippen molar-refractivity contribution in [2.75, 3.05) is 26.3 Å². The number of ketones is 1. The highest BCUT2D eigenvalue weighted by atomic mass is 16.5. The van der Waals surface area contributed by atoms with E-state index in [2.05, 4.69) is 59.2 Å². The average molecular weight is 495 g/mol. The van der Waals surface area contributed by atoms with Crippen molar-refractivity contribution in [2.45, 2.75) is 57.3 Å². The van der Waals surface area contributed by atoms with Gasteiger partial charge in [-0.3, -0.25) is 9.69 Å². The summed E-state index contributed by atoms with van der Waals surface area (Å²) in [7, 11) is 0. The minimum atomic E-state index is -1.46. The Kier molecular flexibility index (Phi) is 6.12. The Hall–Kier alpha value is -3.29. The monoisotopic (exact) mass is 494 g/mol. The van der Waals surface area contributed by atoms with Crippen LogP contribution in [0.15, 0.2) is 60.2 Å². The summed E-state index contributed by atoms with van der Waals surface area (Å²) in [6.45, 7) is 12.6. The summed E-state index contributed by atoms with van der Waals surface area (Å²) < 4.78 is 5.62. The maximum Gasteiger partial charge on any atom is 0.213 e. The first-order valence-electron chi connectivity index (χ1n) is 13.0. The Bertz CT molecular complexity index is 1310. The number of hydrogen-bond donors (Lipinski definition) is 0. The molecule has 3 atom stereocenters. The highest BCUT2D eigenvalue weighted by Gasteiger charge is 2.73. The summed E-state index contributed by atoms with van der Waals surface area (Å²) in [5.74, 6) is -0.207. The number of fused-ring (bicyclic) bond motifs is 1. The van der Waals surface area contributed by atoms with Crippen molar-refractivity contribution >= 4 is 5.78 Å². The van der Waals surface area contributed by atoms with Crippen LogP contribution in [-0.2, 0) is 10.3 Å². The highest BCUT2D eigenvalue weighted by Crippen LogP contribution is 2.62. The van der Waals surface area contributed by atoms with Crippen LogP contribution in [0.2, 0.25) is 0 Å². The molecule has 190 valence electrons. The molecule has 6 nitrogen and oxygen atoms in total. The molecule has 0 saturated carbocycles. The first-order valence-corrected chi connectivity index (χ1v) is 13.0. The molecule has 2 saturated heterocycles. The van der Waals surface area contributed by atoms with Gasteiger partial charge in [-0.25, -0.2) is 4.90 Å². The molecule has 0 bridgehead atoms. The number of nitriles is 2. The maximum absolute atomic E-state index is 14.0. The topological polar surface area (TPSA) is 80.4 Å². The Morgan fingerprint density at radius 1 is 0.946 bits per heavy atom. The van der Waals surface area contributed by atoms with Gasteiger partial charge in [0.15, 0.2) is 5.78 Å². The number of nitrogens with zero attached hydrogens (tertiary/aromatic N) is 4. The standard InChI is InChI=1S/C31H34N4O2/c1-21-6-10-24(11-7-21)27(36)26-18-31(25-12-8-22(2)9-13-25)23(3)28(34-14-16-37-17-15-34)30(19-32,20-33)35(31)29(26,4)5/h6-13,18,23,28H,14-17H2,1-5H3/t23-,28+,31-/m1/s1. The van der Waals surface area contributed by atoms with Gasteiger partial charge in [-0.1, -0.05) is 72.7 Å². The van der Waals surface area contributed by atoms with Gasteiger partial charge in [0.2, 0.25) is 5.54 Å². The zero-order chi connectivity index (χ0) is 26.6. The molecule has 2 fully saturated rings. The van der Waals surface area contributed by atoms with Crippen LogP contribution in [0, 0.1) is 42.4 Å². The second-order valence-electron chi connectivity index (χ2n) is 11.2. The van der Waals surface area contributed by atoms with E-state index in [0.29, 0.717) is 37.4 Å². The van der Waals surface area contributed by atoms with E-state index in [-0.39, 0.29) is 17.7 Å². The fourth-order valence-corrected chi connectivity index (χ4v) is 7.04. The fraction of sp³-hybridized carbons (Fsp3) is 0.452. The summed E-state index contributed by atoms with van der Waals surface area (Å²) in [6.07, 6.45) is 2.08. The lowest BCUT2D eigenvalue weighted by Crippen LogP contribution is -2.63. The van der Waals surface area contributed by atoms with Gasteiger partial charge in [0.25, 0.3) is 0 Å². The van der Waals surface area contributed by atoms with Crippen LogP contribution in [-0.4, -0.2) is 59.0 Å². The minimum Gasteiger partial charge on any atom is -0.379 e. The van der Waals surface area contributed by atoms with Crippen molar-refractivity contribution in [1.82, 2.24) is 9.80 Å². The van der Waals surface area contributed by atoms with Crippen LogP contribution in [0.4, 0.5) is 0 Å². The van der Waals surface area contributed by atoms with Crippen LogP contribution < -0.4 is 0 Å². The molecule has 0 aliphatic carbocycles. The molecule has 3 heterocycles. The van der Waals surface area contributed by atoms with Crippen molar-refractivity contribution < 1.29 is 9.53 Å². The third-order valence-electron chi connectivity index (χ3n) is 8.75. The molecule has 3 aliphatic heterocycles. The zero-order valence-electron chi connectivity index (χ0n) is 22.3.